The maximum absolute atomic E-state index is 5.86. The highest BCUT2D eigenvalue weighted by molar-refractivity contribution is 7.10. The summed E-state index contributed by atoms with van der Waals surface area (Å²) in [5, 5.41) is 5.66. The van der Waals surface area contributed by atoms with E-state index in [0.29, 0.717) is 6.04 Å². The van der Waals surface area contributed by atoms with Gasteiger partial charge in [-0.1, -0.05) is 12.5 Å². The van der Waals surface area contributed by atoms with Crippen LogP contribution < -0.4 is 5.32 Å². The molecular formula is C13H21NOS. The van der Waals surface area contributed by atoms with Crippen molar-refractivity contribution in [2.75, 3.05) is 13.2 Å². The Morgan fingerprint density at radius 1 is 1.56 bits per heavy atom. The number of nitrogens with one attached hydrogen (secondary N) is 1. The summed E-state index contributed by atoms with van der Waals surface area (Å²) in [6.07, 6.45) is 5.43. The van der Waals surface area contributed by atoms with Crippen molar-refractivity contribution in [2.24, 2.45) is 0 Å². The molecule has 1 aromatic heterocycles. The molecule has 0 bridgehead atoms. The van der Waals surface area contributed by atoms with Crippen LogP contribution in [-0.4, -0.2) is 19.2 Å². The molecule has 0 amide bonds. The van der Waals surface area contributed by atoms with Crippen LogP contribution in [0.25, 0.3) is 0 Å². The first-order chi connectivity index (χ1) is 7.86. The van der Waals surface area contributed by atoms with Crippen molar-refractivity contribution in [2.45, 2.75) is 44.8 Å². The van der Waals surface area contributed by atoms with Gasteiger partial charge in [-0.15, -0.1) is 11.3 Å². The summed E-state index contributed by atoms with van der Waals surface area (Å²) in [5.74, 6) is 0. The minimum absolute atomic E-state index is 0.253. The molecule has 0 spiro atoms. The van der Waals surface area contributed by atoms with Gasteiger partial charge in [0.15, 0.2) is 0 Å². The van der Waals surface area contributed by atoms with Crippen LogP contribution in [0.3, 0.4) is 0 Å². The van der Waals surface area contributed by atoms with Gasteiger partial charge in [0.25, 0.3) is 0 Å². The number of thiophene rings is 1. The topological polar surface area (TPSA) is 21.3 Å². The Labute approximate surface area is 102 Å². The second-order valence-corrected chi connectivity index (χ2v) is 5.44. The van der Waals surface area contributed by atoms with Crippen molar-refractivity contribution >= 4 is 11.3 Å². The fraction of sp³-hybridized carbons (Fsp3) is 0.692. The summed E-state index contributed by atoms with van der Waals surface area (Å²) in [6, 6.07) is 4.92. The van der Waals surface area contributed by atoms with E-state index in [0.717, 1.165) is 13.0 Å². The van der Waals surface area contributed by atoms with E-state index in [2.05, 4.69) is 29.8 Å². The molecule has 1 saturated heterocycles. The lowest BCUT2D eigenvalue weighted by Gasteiger charge is -2.23. The summed E-state index contributed by atoms with van der Waals surface area (Å²) >= 11 is 1.78. The SMILES string of the molecule is C[C@H](OCC[C@H]1CCCCN1)c1cccs1. The van der Waals surface area contributed by atoms with E-state index in [1.807, 2.05) is 0 Å². The van der Waals surface area contributed by atoms with Gasteiger partial charge in [0, 0.05) is 17.5 Å². The molecule has 16 heavy (non-hydrogen) atoms. The molecule has 1 aliphatic heterocycles. The summed E-state index contributed by atoms with van der Waals surface area (Å²) < 4.78 is 5.86. The van der Waals surface area contributed by atoms with Gasteiger partial charge in [-0.05, 0) is 44.2 Å². The lowest BCUT2D eigenvalue weighted by atomic mass is 10.0. The first-order valence-electron chi connectivity index (χ1n) is 6.24. The highest BCUT2D eigenvalue weighted by Crippen LogP contribution is 2.22. The van der Waals surface area contributed by atoms with Crippen molar-refractivity contribution in [3.8, 4) is 0 Å². The van der Waals surface area contributed by atoms with Gasteiger partial charge >= 0.3 is 0 Å². The molecule has 0 saturated carbocycles. The zero-order chi connectivity index (χ0) is 11.2. The van der Waals surface area contributed by atoms with Gasteiger partial charge in [-0.25, -0.2) is 0 Å². The molecule has 2 rings (SSSR count). The van der Waals surface area contributed by atoms with Gasteiger partial charge in [0.05, 0.1) is 6.10 Å². The third kappa shape index (κ3) is 3.58. The van der Waals surface area contributed by atoms with Crippen molar-refractivity contribution in [3.63, 3.8) is 0 Å². The highest BCUT2D eigenvalue weighted by Gasteiger charge is 2.13. The zero-order valence-electron chi connectivity index (χ0n) is 9.95. The van der Waals surface area contributed by atoms with Crippen LogP contribution in [-0.2, 0) is 4.74 Å². The first-order valence-corrected chi connectivity index (χ1v) is 7.12. The van der Waals surface area contributed by atoms with Crippen LogP contribution in [0.15, 0.2) is 17.5 Å². The first kappa shape index (κ1) is 12.1. The standard InChI is InChI=1S/C13H21NOS/c1-11(13-6-4-10-16-13)15-9-7-12-5-2-3-8-14-12/h4,6,10-12,14H,2-3,5,7-9H2,1H3/t11-,12+/m0/s1. The molecule has 0 aromatic carbocycles. The smallest absolute Gasteiger partial charge is 0.0888 e. The largest absolute Gasteiger partial charge is 0.373 e. The molecule has 1 aliphatic rings. The Balaban J connectivity index is 1.63. The maximum Gasteiger partial charge on any atom is 0.0888 e. The van der Waals surface area contributed by atoms with Crippen LogP contribution in [0, 0.1) is 0 Å². The van der Waals surface area contributed by atoms with Gasteiger partial charge in [0.1, 0.15) is 0 Å². The Morgan fingerprint density at radius 3 is 3.19 bits per heavy atom. The molecule has 0 aliphatic carbocycles. The third-order valence-electron chi connectivity index (χ3n) is 3.19. The van der Waals surface area contributed by atoms with E-state index < -0.39 is 0 Å². The maximum atomic E-state index is 5.86. The lowest BCUT2D eigenvalue weighted by molar-refractivity contribution is 0.0595. The van der Waals surface area contributed by atoms with Crippen molar-refractivity contribution in [1.29, 1.82) is 0 Å². The molecule has 1 N–H and O–H groups in total. The Morgan fingerprint density at radius 2 is 2.50 bits per heavy atom. The predicted molar refractivity (Wildman–Crippen MR) is 68.9 cm³/mol. The van der Waals surface area contributed by atoms with E-state index >= 15 is 0 Å². The van der Waals surface area contributed by atoms with Crippen molar-refractivity contribution in [3.05, 3.63) is 22.4 Å². The zero-order valence-corrected chi connectivity index (χ0v) is 10.8. The minimum atomic E-state index is 0.253. The monoisotopic (exact) mass is 239 g/mol. The molecule has 90 valence electrons. The third-order valence-corrected chi connectivity index (χ3v) is 4.22. The van der Waals surface area contributed by atoms with E-state index in [9.17, 15) is 0 Å². The average molecular weight is 239 g/mol. The molecule has 2 nitrogen and oxygen atoms in total. The van der Waals surface area contributed by atoms with Crippen LogP contribution in [0.5, 0.6) is 0 Å². The van der Waals surface area contributed by atoms with E-state index in [4.69, 9.17) is 4.74 Å². The molecule has 3 heteroatoms. The van der Waals surface area contributed by atoms with Crippen molar-refractivity contribution in [1.82, 2.24) is 5.32 Å². The number of hydrogen-bond acceptors (Lipinski definition) is 3. The van der Waals surface area contributed by atoms with Crippen molar-refractivity contribution < 1.29 is 4.74 Å². The van der Waals surface area contributed by atoms with E-state index in [1.54, 1.807) is 11.3 Å². The van der Waals surface area contributed by atoms with Crippen LogP contribution in [0.2, 0.25) is 0 Å². The molecule has 0 radical (unpaired) electrons. The molecule has 1 aromatic rings. The lowest BCUT2D eigenvalue weighted by Crippen LogP contribution is -2.34. The number of hydrogen-bond donors (Lipinski definition) is 1. The Bertz CT molecular complexity index is 280. The second-order valence-electron chi connectivity index (χ2n) is 4.46. The predicted octanol–water partition coefficient (Wildman–Crippen LogP) is 3.36. The quantitative estimate of drug-likeness (QED) is 0.850. The van der Waals surface area contributed by atoms with Crippen LogP contribution in [0.1, 0.15) is 43.6 Å². The summed E-state index contributed by atoms with van der Waals surface area (Å²) in [4.78, 5) is 1.33. The Hall–Kier alpha value is -0.380. The number of ether oxygens (including phenoxy) is 1. The molecule has 0 unspecified atom stereocenters. The summed E-state index contributed by atoms with van der Waals surface area (Å²) in [5.41, 5.74) is 0. The molecule has 2 atom stereocenters. The normalized spacial score (nSPS) is 23.2. The second kappa shape index (κ2) is 6.38. The minimum Gasteiger partial charge on any atom is -0.373 e. The molecule has 2 heterocycles. The van der Waals surface area contributed by atoms with Gasteiger partial charge in [0.2, 0.25) is 0 Å². The average Bonchev–Trinajstić information content (AvgIpc) is 2.84. The van der Waals surface area contributed by atoms with Gasteiger partial charge in [-0.3, -0.25) is 0 Å². The summed E-state index contributed by atoms with van der Waals surface area (Å²) in [7, 11) is 0. The highest BCUT2D eigenvalue weighted by atomic mass is 32.1. The number of piperidine rings is 1. The molecular weight excluding hydrogens is 218 g/mol. The fourth-order valence-corrected chi connectivity index (χ4v) is 2.89. The van der Waals surface area contributed by atoms with Crippen LogP contribution in [0.4, 0.5) is 0 Å². The Kier molecular flexibility index (Phi) is 4.82. The van der Waals surface area contributed by atoms with E-state index in [-0.39, 0.29) is 6.10 Å². The van der Waals surface area contributed by atoms with Gasteiger partial charge in [-0.2, -0.15) is 0 Å². The fourth-order valence-electron chi connectivity index (χ4n) is 2.16. The molecule has 1 fully saturated rings. The summed E-state index contributed by atoms with van der Waals surface area (Å²) in [6.45, 7) is 4.20. The number of rotatable bonds is 5. The van der Waals surface area contributed by atoms with E-state index in [1.165, 1.54) is 30.7 Å². The van der Waals surface area contributed by atoms with Crippen LogP contribution >= 0.6 is 11.3 Å². The van der Waals surface area contributed by atoms with Gasteiger partial charge < -0.3 is 10.1 Å².